The highest BCUT2D eigenvalue weighted by atomic mass is 32.1. The van der Waals surface area contributed by atoms with Gasteiger partial charge in [0.2, 0.25) is 0 Å². The fourth-order valence-electron chi connectivity index (χ4n) is 1.74. The number of ether oxygens (including phenoxy) is 1. The SMILES string of the molecule is NC(=S)c1ccc(C(=O)NCCOc2ccccc2)cc1. The van der Waals surface area contributed by atoms with E-state index in [1.165, 1.54) is 0 Å². The normalized spacial score (nSPS) is 9.90. The van der Waals surface area contributed by atoms with Gasteiger partial charge in [-0.2, -0.15) is 0 Å². The topological polar surface area (TPSA) is 64.4 Å². The average molecular weight is 300 g/mol. The number of carbonyl (C=O) groups excluding carboxylic acids is 1. The summed E-state index contributed by atoms with van der Waals surface area (Å²) in [6, 6.07) is 16.3. The fraction of sp³-hybridized carbons (Fsp3) is 0.125. The molecule has 3 N–H and O–H groups in total. The molecule has 2 aromatic carbocycles. The Morgan fingerprint density at radius 3 is 2.29 bits per heavy atom. The Kier molecular flexibility index (Phi) is 5.29. The number of rotatable bonds is 6. The molecule has 0 radical (unpaired) electrons. The van der Waals surface area contributed by atoms with Crippen LogP contribution in [0.3, 0.4) is 0 Å². The molecule has 0 unspecified atom stereocenters. The van der Waals surface area contributed by atoms with Crippen LogP contribution in [0.4, 0.5) is 0 Å². The van der Waals surface area contributed by atoms with Gasteiger partial charge in [-0.1, -0.05) is 42.5 Å². The molecular formula is C16H16N2O2S. The molecule has 2 rings (SSSR count). The second kappa shape index (κ2) is 7.40. The molecule has 2 aromatic rings. The van der Waals surface area contributed by atoms with E-state index in [0.29, 0.717) is 23.7 Å². The fourth-order valence-corrected chi connectivity index (χ4v) is 1.87. The molecule has 5 heteroatoms. The number of para-hydroxylation sites is 1. The highest BCUT2D eigenvalue weighted by molar-refractivity contribution is 7.80. The molecule has 0 aromatic heterocycles. The maximum absolute atomic E-state index is 11.9. The average Bonchev–Trinajstić information content (AvgIpc) is 2.52. The van der Waals surface area contributed by atoms with Crippen molar-refractivity contribution in [3.8, 4) is 5.75 Å². The second-order valence-corrected chi connectivity index (χ2v) is 4.80. The standard InChI is InChI=1S/C16H16N2O2S/c17-15(21)12-6-8-13(9-7-12)16(19)18-10-11-20-14-4-2-1-3-5-14/h1-9H,10-11H2,(H2,17,21)(H,18,19). The molecule has 0 aliphatic heterocycles. The molecule has 0 atom stereocenters. The van der Waals surface area contributed by atoms with Gasteiger partial charge < -0.3 is 15.8 Å². The van der Waals surface area contributed by atoms with Crippen molar-refractivity contribution >= 4 is 23.1 Å². The van der Waals surface area contributed by atoms with E-state index in [2.05, 4.69) is 5.32 Å². The van der Waals surface area contributed by atoms with Gasteiger partial charge in [0.15, 0.2) is 0 Å². The minimum absolute atomic E-state index is 0.152. The van der Waals surface area contributed by atoms with Crippen molar-refractivity contribution in [1.82, 2.24) is 5.32 Å². The van der Waals surface area contributed by atoms with Gasteiger partial charge in [-0.15, -0.1) is 0 Å². The molecule has 0 heterocycles. The quantitative estimate of drug-likeness (QED) is 0.633. The van der Waals surface area contributed by atoms with Crippen molar-refractivity contribution in [2.24, 2.45) is 5.73 Å². The number of nitrogens with one attached hydrogen (secondary N) is 1. The van der Waals surface area contributed by atoms with Crippen molar-refractivity contribution in [2.45, 2.75) is 0 Å². The molecule has 108 valence electrons. The highest BCUT2D eigenvalue weighted by Crippen LogP contribution is 2.07. The summed E-state index contributed by atoms with van der Waals surface area (Å²) in [7, 11) is 0. The summed E-state index contributed by atoms with van der Waals surface area (Å²) in [5.74, 6) is 0.633. The molecular weight excluding hydrogens is 284 g/mol. The van der Waals surface area contributed by atoms with Crippen LogP contribution in [0.25, 0.3) is 0 Å². The van der Waals surface area contributed by atoms with Crippen LogP contribution in [0, 0.1) is 0 Å². The zero-order valence-corrected chi connectivity index (χ0v) is 12.2. The molecule has 0 aliphatic carbocycles. The van der Waals surface area contributed by atoms with Crippen molar-refractivity contribution in [3.05, 3.63) is 65.7 Å². The van der Waals surface area contributed by atoms with Crippen LogP contribution in [0.15, 0.2) is 54.6 Å². The van der Waals surface area contributed by atoms with E-state index < -0.39 is 0 Å². The van der Waals surface area contributed by atoms with E-state index in [0.717, 1.165) is 11.3 Å². The van der Waals surface area contributed by atoms with Gasteiger partial charge in [0, 0.05) is 11.1 Å². The Bertz CT molecular complexity index is 612. The monoisotopic (exact) mass is 300 g/mol. The first-order chi connectivity index (χ1) is 10.2. The zero-order valence-electron chi connectivity index (χ0n) is 11.4. The molecule has 0 aliphatic rings. The smallest absolute Gasteiger partial charge is 0.251 e. The molecule has 0 bridgehead atoms. The predicted molar refractivity (Wildman–Crippen MR) is 86.6 cm³/mol. The van der Waals surface area contributed by atoms with Crippen LogP contribution in [0.2, 0.25) is 0 Å². The van der Waals surface area contributed by atoms with Gasteiger partial charge in [-0.05, 0) is 24.3 Å². The Hall–Kier alpha value is -2.40. The third kappa shape index (κ3) is 4.57. The first kappa shape index (κ1) is 15.0. The number of thiocarbonyl (C=S) groups is 1. The van der Waals surface area contributed by atoms with Crippen LogP contribution in [-0.2, 0) is 0 Å². The van der Waals surface area contributed by atoms with E-state index in [4.69, 9.17) is 22.7 Å². The molecule has 0 spiro atoms. The van der Waals surface area contributed by atoms with E-state index in [-0.39, 0.29) is 5.91 Å². The molecule has 21 heavy (non-hydrogen) atoms. The lowest BCUT2D eigenvalue weighted by atomic mass is 10.1. The van der Waals surface area contributed by atoms with Gasteiger partial charge in [-0.3, -0.25) is 4.79 Å². The highest BCUT2D eigenvalue weighted by Gasteiger charge is 2.05. The van der Waals surface area contributed by atoms with Crippen LogP contribution in [-0.4, -0.2) is 24.0 Å². The minimum Gasteiger partial charge on any atom is -0.492 e. The maximum atomic E-state index is 11.9. The summed E-state index contributed by atoms with van der Waals surface area (Å²) in [4.78, 5) is 12.2. The first-order valence-corrected chi connectivity index (χ1v) is 6.93. The third-order valence-electron chi connectivity index (χ3n) is 2.83. The van der Waals surface area contributed by atoms with Crippen molar-refractivity contribution in [2.75, 3.05) is 13.2 Å². The Morgan fingerprint density at radius 2 is 1.67 bits per heavy atom. The molecule has 1 amide bonds. The van der Waals surface area contributed by atoms with Gasteiger partial charge in [0.25, 0.3) is 5.91 Å². The molecule has 0 fully saturated rings. The van der Waals surface area contributed by atoms with E-state index in [1.54, 1.807) is 24.3 Å². The lowest BCUT2D eigenvalue weighted by molar-refractivity contribution is 0.0947. The Morgan fingerprint density at radius 1 is 1.05 bits per heavy atom. The number of amides is 1. The zero-order chi connectivity index (χ0) is 15.1. The predicted octanol–water partition coefficient (Wildman–Crippen LogP) is 2.13. The van der Waals surface area contributed by atoms with E-state index in [1.807, 2.05) is 30.3 Å². The van der Waals surface area contributed by atoms with Crippen LogP contribution < -0.4 is 15.8 Å². The first-order valence-electron chi connectivity index (χ1n) is 6.53. The summed E-state index contributed by atoms with van der Waals surface area (Å²) in [6.07, 6.45) is 0. The number of nitrogens with two attached hydrogens (primary N) is 1. The van der Waals surface area contributed by atoms with E-state index >= 15 is 0 Å². The van der Waals surface area contributed by atoms with Crippen molar-refractivity contribution in [1.29, 1.82) is 0 Å². The molecule has 0 saturated heterocycles. The molecule has 4 nitrogen and oxygen atoms in total. The van der Waals surface area contributed by atoms with Crippen LogP contribution in [0.5, 0.6) is 5.75 Å². The summed E-state index contributed by atoms with van der Waals surface area (Å²) in [5, 5.41) is 2.79. The lowest BCUT2D eigenvalue weighted by Crippen LogP contribution is -2.28. The summed E-state index contributed by atoms with van der Waals surface area (Å²) >= 11 is 4.86. The van der Waals surface area contributed by atoms with Crippen LogP contribution in [0.1, 0.15) is 15.9 Å². The number of hydrogen-bond acceptors (Lipinski definition) is 3. The van der Waals surface area contributed by atoms with Gasteiger partial charge in [0.05, 0.1) is 6.54 Å². The van der Waals surface area contributed by atoms with Crippen molar-refractivity contribution < 1.29 is 9.53 Å². The maximum Gasteiger partial charge on any atom is 0.251 e. The van der Waals surface area contributed by atoms with Crippen LogP contribution >= 0.6 is 12.2 Å². The van der Waals surface area contributed by atoms with Gasteiger partial charge in [-0.25, -0.2) is 0 Å². The summed E-state index contributed by atoms with van der Waals surface area (Å²) < 4.78 is 5.49. The number of carbonyl (C=O) groups is 1. The third-order valence-corrected chi connectivity index (χ3v) is 3.07. The lowest BCUT2D eigenvalue weighted by Gasteiger charge is -2.08. The Balaban J connectivity index is 1.78. The minimum atomic E-state index is -0.152. The number of hydrogen-bond donors (Lipinski definition) is 2. The molecule has 0 saturated carbocycles. The van der Waals surface area contributed by atoms with Gasteiger partial charge >= 0.3 is 0 Å². The Labute approximate surface area is 128 Å². The number of benzene rings is 2. The second-order valence-electron chi connectivity index (χ2n) is 4.36. The van der Waals surface area contributed by atoms with E-state index in [9.17, 15) is 4.79 Å². The summed E-state index contributed by atoms with van der Waals surface area (Å²) in [6.45, 7) is 0.853. The largest absolute Gasteiger partial charge is 0.492 e. The summed E-state index contributed by atoms with van der Waals surface area (Å²) in [5.41, 5.74) is 6.82. The van der Waals surface area contributed by atoms with Gasteiger partial charge in [0.1, 0.15) is 17.3 Å². The van der Waals surface area contributed by atoms with Crippen molar-refractivity contribution in [3.63, 3.8) is 0 Å².